The molecule has 0 aliphatic carbocycles. The van der Waals surface area contributed by atoms with E-state index in [1.54, 1.807) is 25.2 Å². The monoisotopic (exact) mass is 542 g/mol. The molecule has 1 aliphatic heterocycles. The smallest absolute Gasteiger partial charge is 0.407 e. The molecule has 35 heavy (non-hydrogen) atoms. The summed E-state index contributed by atoms with van der Waals surface area (Å²) in [5.41, 5.74) is 5.52. The maximum atomic E-state index is 13.2. The van der Waals surface area contributed by atoms with E-state index >= 15 is 0 Å². The van der Waals surface area contributed by atoms with Crippen molar-refractivity contribution in [3.8, 4) is 0 Å². The predicted octanol–water partition coefficient (Wildman–Crippen LogP) is 4.11. The summed E-state index contributed by atoms with van der Waals surface area (Å²) < 4.78 is 1.51. The number of hydrogen-bond donors (Lipinski definition) is 2. The molecular weight excluding hydrogens is 511 g/mol. The van der Waals surface area contributed by atoms with Crippen molar-refractivity contribution in [2.75, 3.05) is 49.9 Å². The first-order chi connectivity index (χ1) is 16.4. The molecule has 2 heterocycles. The second-order valence-electron chi connectivity index (χ2n) is 9.43. The van der Waals surface area contributed by atoms with E-state index in [9.17, 15) is 14.7 Å². The van der Waals surface area contributed by atoms with Gasteiger partial charge < -0.3 is 20.6 Å². The summed E-state index contributed by atoms with van der Waals surface area (Å²) in [6.07, 6.45) is -0.0619. The average molecular weight is 544 g/mol. The fourth-order valence-electron chi connectivity index (χ4n) is 3.99. The number of carbonyl (C=O) groups is 1. The van der Waals surface area contributed by atoms with Gasteiger partial charge in [0.05, 0.1) is 10.0 Å². The molecule has 9 nitrogen and oxygen atoms in total. The number of halogens is 2. The van der Waals surface area contributed by atoms with Gasteiger partial charge in [-0.25, -0.2) is 4.79 Å². The Morgan fingerprint density at radius 1 is 1.23 bits per heavy atom. The Morgan fingerprint density at radius 2 is 1.94 bits per heavy atom. The van der Waals surface area contributed by atoms with Crippen molar-refractivity contribution in [2.45, 2.75) is 42.5 Å². The molecule has 3 N–H and O–H groups in total. The summed E-state index contributed by atoms with van der Waals surface area (Å²) in [5, 5.41) is 10.3. The molecule has 1 aromatic heterocycles. The van der Waals surface area contributed by atoms with Gasteiger partial charge in [0.15, 0.2) is 0 Å². The molecule has 0 radical (unpaired) electrons. The number of rotatable bonds is 6. The molecule has 0 spiro atoms. The van der Waals surface area contributed by atoms with Crippen LogP contribution in [0.15, 0.2) is 32.8 Å². The number of hydrogen-bond acceptors (Lipinski definition) is 7. The van der Waals surface area contributed by atoms with E-state index < -0.39 is 11.6 Å². The van der Waals surface area contributed by atoms with Crippen LogP contribution in [0.3, 0.4) is 0 Å². The predicted molar refractivity (Wildman–Crippen MR) is 142 cm³/mol. The average Bonchev–Trinajstić information content (AvgIpc) is 3.01. The molecule has 12 heteroatoms. The minimum atomic E-state index is -0.916. The highest BCUT2D eigenvalue weighted by Crippen LogP contribution is 2.37. The Hall–Kier alpha value is -2.14. The van der Waals surface area contributed by atoms with Crippen LogP contribution < -0.4 is 16.2 Å². The van der Waals surface area contributed by atoms with Crippen molar-refractivity contribution in [2.24, 2.45) is 7.05 Å². The summed E-state index contributed by atoms with van der Waals surface area (Å²) in [6.45, 7) is 9.67. The third kappa shape index (κ3) is 6.55. The normalized spacial score (nSPS) is 15.2. The van der Waals surface area contributed by atoms with E-state index in [0.717, 1.165) is 31.3 Å². The van der Waals surface area contributed by atoms with Crippen LogP contribution in [0, 0.1) is 0 Å². The van der Waals surface area contributed by atoms with E-state index in [2.05, 4.69) is 14.8 Å². The van der Waals surface area contributed by atoms with Crippen LogP contribution in [0.1, 0.15) is 27.2 Å². The van der Waals surface area contributed by atoms with Crippen LogP contribution in [0.4, 0.5) is 16.6 Å². The Balaban J connectivity index is 1.73. The van der Waals surface area contributed by atoms with E-state index in [1.165, 1.54) is 9.47 Å². The third-order valence-corrected chi connectivity index (χ3v) is 8.01. The van der Waals surface area contributed by atoms with E-state index in [4.69, 9.17) is 28.9 Å². The van der Waals surface area contributed by atoms with Gasteiger partial charge in [0, 0.05) is 50.2 Å². The number of aromatic nitrogens is 2. The summed E-state index contributed by atoms with van der Waals surface area (Å²) in [4.78, 5) is 36.1. The summed E-state index contributed by atoms with van der Waals surface area (Å²) >= 11 is 13.5. The highest BCUT2D eigenvalue weighted by Gasteiger charge is 2.27. The van der Waals surface area contributed by atoms with Crippen LogP contribution in [0.25, 0.3) is 0 Å². The van der Waals surface area contributed by atoms with E-state index in [-0.39, 0.29) is 11.4 Å². The maximum absolute atomic E-state index is 13.2. The molecule has 1 aliphatic rings. The zero-order valence-electron chi connectivity index (χ0n) is 20.4. The molecule has 0 atom stereocenters. The number of nitrogens with two attached hydrogens (primary N) is 1. The molecule has 0 bridgehead atoms. The van der Waals surface area contributed by atoms with Crippen LogP contribution in [-0.2, 0) is 7.05 Å². The van der Waals surface area contributed by atoms with Crippen molar-refractivity contribution in [1.29, 1.82) is 0 Å². The van der Waals surface area contributed by atoms with Gasteiger partial charge in [0.2, 0.25) is 5.95 Å². The Morgan fingerprint density at radius 3 is 2.60 bits per heavy atom. The van der Waals surface area contributed by atoms with E-state index in [0.29, 0.717) is 52.0 Å². The number of carboxylic acid groups (broad SMARTS) is 1. The van der Waals surface area contributed by atoms with Crippen LogP contribution in [0.2, 0.25) is 10.0 Å². The molecule has 3 rings (SSSR count). The standard InChI is InChI=1S/C23H32Cl2N6O3S/c1-23(2,3)31(22(33)34)14-12-29-9-6-10-30(13-11-29)21-27-19(26)18(20(32)28(21)4)35-16-8-5-7-15(24)17(16)25/h5,7-8H,6,9-14,26H2,1-4H3,(H,33,34). The highest BCUT2D eigenvalue weighted by molar-refractivity contribution is 7.99. The largest absolute Gasteiger partial charge is 0.465 e. The van der Waals surface area contributed by atoms with E-state index in [1.807, 2.05) is 20.8 Å². The lowest BCUT2D eigenvalue weighted by molar-refractivity contribution is 0.0916. The lowest BCUT2D eigenvalue weighted by atomic mass is 10.1. The van der Waals surface area contributed by atoms with Gasteiger partial charge in [-0.1, -0.05) is 41.0 Å². The molecule has 1 fully saturated rings. The molecule has 0 saturated carbocycles. The van der Waals surface area contributed by atoms with Gasteiger partial charge in [-0.2, -0.15) is 4.98 Å². The summed E-state index contributed by atoms with van der Waals surface area (Å²) in [6, 6.07) is 5.22. The first-order valence-corrected chi connectivity index (χ1v) is 12.9. The van der Waals surface area contributed by atoms with Crippen molar-refractivity contribution in [3.05, 3.63) is 38.6 Å². The number of nitrogens with zero attached hydrogens (tertiary/aromatic N) is 5. The number of benzene rings is 1. The third-order valence-electron chi connectivity index (χ3n) is 5.93. The van der Waals surface area contributed by atoms with Gasteiger partial charge in [0.1, 0.15) is 10.7 Å². The van der Waals surface area contributed by atoms with Gasteiger partial charge in [-0.3, -0.25) is 14.3 Å². The lowest BCUT2D eigenvalue weighted by Gasteiger charge is -2.34. The Labute approximate surface area is 219 Å². The number of anilines is 2. The van der Waals surface area contributed by atoms with Crippen molar-refractivity contribution >= 4 is 52.8 Å². The van der Waals surface area contributed by atoms with Gasteiger partial charge in [-0.15, -0.1) is 0 Å². The Kier molecular flexibility index (Phi) is 8.85. The highest BCUT2D eigenvalue weighted by atomic mass is 35.5. The van der Waals surface area contributed by atoms with Crippen molar-refractivity contribution in [1.82, 2.24) is 19.4 Å². The molecule has 1 amide bonds. The second-order valence-corrected chi connectivity index (χ2v) is 11.3. The van der Waals surface area contributed by atoms with Gasteiger partial charge in [-0.05, 0) is 45.9 Å². The van der Waals surface area contributed by atoms with Gasteiger partial charge in [0.25, 0.3) is 5.56 Å². The van der Waals surface area contributed by atoms with Crippen molar-refractivity contribution < 1.29 is 9.90 Å². The molecule has 1 saturated heterocycles. The molecule has 0 unspecified atom stereocenters. The SMILES string of the molecule is Cn1c(N2CCCN(CCN(C(=O)O)C(C)(C)C)CC2)nc(N)c(Sc2cccc(Cl)c2Cl)c1=O. The molecule has 1 aromatic carbocycles. The maximum Gasteiger partial charge on any atom is 0.407 e. The second kappa shape index (κ2) is 11.3. The topological polar surface area (TPSA) is 108 Å². The van der Waals surface area contributed by atoms with Crippen LogP contribution in [-0.4, -0.2) is 75.4 Å². The lowest BCUT2D eigenvalue weighted by Crippen LogP contribution is -2.48. The quantitative estimate of drug-likeness (QED) is 0.561. The minimum absolute atomic E-state index is 0.146. The van der Waals surface area contributed by atoms with Crippen LogP contribution in [0.5, 0.6) is 0 Å². The fraction of sp³-hybridized carbons (Fsp3) is 0.522. The first-order valence-electron chi connectivity index (χ1n) is 11.4. The van der Waals surface area contributed by atoms with Crippen LogP contribution >= 0.6 is 35.0 Å². The van der Waals surface area contributed by atoms with Gasteiger partial charge >= 0.3 is 6.09 Å². The fourth-order valence-corrected chi connectivity index (χ4v) is 5.40. The summed E-state index contributed by atoms with van der Waals surface area (Å²) in [5.74, 6) is 0.658. The zero-order valence-corrected chi connectivity index (χ0v) is 22.8. The summed E-state index contributed by atoms with van der Waals surface area (Å²) in [7, 11) is 1.68. The Bertz CT molecular complexity index is 1140. The zero-order chi connectivity index (χ0) is 25.9. The minimum Gasteiger partial charge on any atom is -0.465 e. The molecule has 192 valence electrons. The molecule has 2 aromatic rings. The molecular formula is C23H32Cl2N6O3S. The first kappa shape index (κ1) is 27.4. The number of nitrogen functional groups attached to an aromatic ring is 1. The number of amides is 1. The van der Waals surface area contributed by atoms with Crippen molar-refractivity contribution in [3.63, 3.8) is 0 Å².